The highest BCUT2D eigenvalue weighted by Gasteiger charge is 2.26. The van der Waals surface area contributed by atoms with Gasteiger partial charge in [0.1, 0.15) is 5.82 Å². The largest absolute Gasteiger partial charge is 0.478 e. The molecule has 0 radical (unpaired) electrons. The summed E-state index contributed by atoms with van der Waals surface area (Å²) in [5.41, 5.74) is 1.66. The van der Waals surface area contributed by atoms with Crippen molar-refractivity contribution in [3.05, 3.63) is 29.6 Å². The predicted molar refractivity (Wildman–Crippen MR) is 75.7 cm³/mol. The minimum atomic E-state index is -0.904. The number of carboxylic acid groups (broad SMARTS) is 1. The Bertz CT molecular complexity index is 626. The number of aromatic nitrogens is 2. The third kappa shape index (κ3) is 2.23. The Labute approximate surface area is 113 Å². The van der Waals surface area contributed by atoms with E-state index in [1.807, 2.05) is 13.0 Å². The smallest absolute Gasteiger partial charge is 0.337 e. The van der Waals surface area contributed by atoms with Crippen LogP contribution in [0, 0.1) is 6.92 Å². The fourth-order valence-corrected chi connectivity index (χ4v) is 2.88. The Balaban J connectivity index is 2.80. The number of fused-ring (bicyclic) bond motifs is 1. The summed E-state index contributed by atoms with van der Waals surface area (Å²) in [7, 11) is 0. The number of benzene rings is 1. The molecule has 0 aliphatic rings. The van der Waals surface area contributed by atoms with Crippen molar-refractivity contribution in [2.24, 2.45) is 0 Å². The van der Waals surface area contributed by atoms with E-state index in [4.69, 9.17) is 0 Å². The van der Waals surface area contributed by atoms with Crippen LogP contribution in [0.5, 0.6) is 0 Å². The van der Waals surface area contributed by atoms with Gasteiger partial charge in [-0.3, -0.25) is 0 Å². The first-order valence-electron chi connectivity index (χ1n) is 6.60. The number of hydrogen-bond acceptors (Lipinski definition) is 2. The van der Waals surface area contributed by atoms with Gasteiger partial charge in [-0.25, -0.2) is 9.78 Å². The number of carbonyl (C=O) groups is 1. The maximum atomic E-state index is 11.4. The second kappa shape index (κ2) is 4.68. The Morgan fingerprint density at radius 3 is 2.68 bits per heavy atom. The summed E-state index contributed by atoms with van der Waals surface area (Å²) >= 11 is 0. The zero-order valence-electron chi connectivity index (χ0n) is 11.9. The van der Waals surface area contributed by atoms with Gasteiger partial charge in [0.25, 0.3) is 0 Å². The minimum Gasteiger partial charge on any atom is -0.478 e. The van der Waals surface area contributed by atoms with Gasteiger partial charge in [-0.2, -0.15) is 0 Å². The summed E-state index contributed by atoms with van der Waals surface area (Å²) in [4.78, 5) is 15.9. The lowest BCUT2D eigenvalue weighted by Gasteiger charge is -2.29. The SMILES string of the molecule is CCCC(C)(C)n1c(C)nc2cccc(C(=O)O)c21. The molecular formula is C15H20N2O2. The molecule has 0 aliphatic heterocycles. The van der Waals surface area contributed by atoms with Gasteiger partial charge in [-0.1, -0.05) is 19.4 Å². The quantitative estimate of drug-likeness (QED) is 0.914. The molecule has 2 aromatic rings. The molecule has 2 rings (SSSR count). The van der Waals surface area contributed by atoms with Crippen molar-refractivity contribution in [1.82, 2.24) is 9.55 Å². The molecule has 0 unspecified atom stereocenters. The zero-order chi connectivity index (χ0) is 14.2. The summed E-state index contributed by atoms with van der Waals surface area (Å²) in [5, 5.41) is 9.37. The van der Waals surface area contributed by atoms with Gasteiger partial charge in [0.15, 0.2) is 0 Å². The van der Waals surface area contributed by atoms with Gasteiger partial charge in [0.05, 0.1) is 16.6 Å². The first-order chi connectivity index (χ1) is 8.88. The second-order valence-corrected chi connectivity index (χ2v) is 5.54. The fraction of sp³-hybridized carbons (Fsp3) is 0.467. The average Bonchev–Trinajstić information content (AvgIpc) is 2.64. The molecule has 19 heavy (non-hydrogen) atoms. The molecule has 0 bridgehead atoms. The van der Waals surface area contributed by atoms with E-state index in [0.29, 0.717) is 5.56 Å². The maximum Gasteiger partial charge on any atom is 0.337 e. The number of imidazole rings is 1. The highest BCUT2D eigenvalue weighted by atomic mass is 16.4. The Kier molecular flexibility index (Phi) is 3.35. The topological polar surface area (TPSA) is 55.1 Å². The molecular weight excluding hydrogens is 240 g/mol. The van der Waals surface area contributed by atoms with Gasteiger partial charge in [0, 0.05) is 5.54 Å². The zero-order valence-corrected chi connectivity index (χ0v) is 11.9. The summed E-state index contributed by atoms with van der Waals surface area (Å²) in [6, 6.07) is 5.26. The van der Waals surface area contributed by atoms with Crippen LogP contribution in [0.1, 0.15) is 49.8 Å². The van der Waals surface area contributed by atoms with Crippen LogP contribution in [0.4, 0.5) is 0 Å². The lowest BCUT2D eigenvalue weighted by atomic mass is 9.97. The monoisotopic (exact) mass is 260 g/mol. The minimum absolute atomic E-state index is 0.140. The van der Waals surface area contributed by atoms with Crippen molar-refractivity contribution in [3.8, 4) is 0 Å². The molecule has 0 fully saturated rings. The van der Waals surface area contributed by atoms with E-state index in [2.05, 4.69) is 30.3 Å². The molecule has 1 aromatic heterocycles. The van der Waals surface area contributed by atoms with E-state index in [1.54, 1.807) is 12.1 Å². The van der Waals surface area contributed by atoms with Crippen LogP contribution in [0.25, 0.3) is 11.0 Å². The number of aryl methyl sites for hydroxylation is 1. The van der Waals surface area contributed by atoms with E-state index in [-0.39, 0.29) is 5.54 Å². The van der Waals surface area contributed by atoms with Crippen LogP contribution in [-0.4, -0.2) is 20.6 Å². The fourth-order valence-electron chi connectivity index (χ4n) is 2.88. The highest BCUT2D eigenvalue weighted by molar-refractivity contribution is 6.01. The van der Waals surface area contributed by atoms with E-state index < -0.39 is 5.97 Å². The van der Waals surface area contributed by atoms with E-state index in [9.17, 15) is 9.90 Å². The molecule has 0 amide bonds. The Morgan fingerprint density at radius 1 is 1.42 bits per heavy atom. The Morgan fingerprint density at radius 2 is 2.11 bits per heavy atom. The molecule has 4 nitrogen and oxygen atoms in total. The number of nitrogens with zero attached hydrogens (tertiary/aromatic N) is 2. The van der Waals surface area contributed by atoms with Crippen molar-refractivity contribution >= 4 is 17.0 Å². The van der Waals surface area contributed by atoms with Crippen molar-refractivity contribution in [3.63, 3.8) is 0 Å². The van der Waals surface area contributed by atoms with Gasteiger partial charge >= 0.3 is 5.97 Å². The normalized spacial score (nSPS) is 12.0. The average molecular weight is 260 g/mol. The lowest BCUT2D eigenvalue weighted by Crippen LogP contribution is -2.27. The Hall–Kier alpha value is -1.84. The van der Waals surface area contributed by atoms with Gasteiger partial charge in [-0.15, -0.1) is 0 Å². The molecule has 0 spiro atoms. The van der Waals surface area contributed by atoms with Crippen LogP contribution in [-0.2, 0) is 5.54 Å². The standard InChI is InChI=1S/C15H20N2O2/c1-5-9-15(3,4)17-10(2)16-12-8-6-7-11(13(12)17)14(18)19/h6-8H,5,9H2,1-4H3,(H,18,19). The first kappa shape index (κ1) is 13.6. The third-order valence-corrected chi connectivity index (χ3v) is 3.54. The summed E-state index contributed by atoms with van der Waals surface area (Å²) in [6.07, 6.45) is 2.02. The number of aromatic carboxylic acids is 1. The number of para-hydroxylation sites is 1. The molecule has 1 heterocycles. The molecule has 1 aromatic carbocycles. The second-order valence-electron chi connectivity index (χ2n) is 5.54. The van der Waals surface area contributed by atoms with Crippen LogP contribution in [0.3, 0.4) is 0 Å². The summed E-state index contributed by atoms with van der Waals surface area (Å²) < 4.78 is 2.06. The maximum absolute atomic E-state index is 11.4. The predicted octanol–water partition coefficient (Wildman–Crippen LogP) is 3.58. The number of rotatable bonds is 4. The summed E-state index contributed by atoms with van der Waals surface area (Å²) in [6.45, 7) is 8.32. The van der Waals surface area contributed by atoms with Gasteiger partial charge < -0.3 is 9.67 Å². The van der Waals surface area contributed by atoms with Crippen LogP contribution in [0.15, 0.2) is 18.2 Å². The highest BCUT2D eigenvalue weighted by Crippen LogP contribution is 2.30. The molecule has 0 saturated carbocycles. The van der Waals surface area contributed by atoms with Gasteiger partial charge in [0.2, 0.25) is 0 Å². The van der Waals surface area contributed by atoms with E-state index >= 15 is 0 Å². The molecule has 4 heteroatoms. The van der Waals surface area contributed by atoms with Crippen LogP contribution >= 0.6 is 0 Å². The van der Waals surface area contributed by atoms with Crippen molar-refractivity contribution in [2.75, 3.05) is 0 Å². The van der Waals surface area contributed by atoms with Crippen molar-refractivity contribution in [2.45, 2.75) is 46.1 Å². The van der Waals surface area contributed by atoms with E-state index in [1.165, 1.54) is 0 Å². The number of carboxylic acids is 1. The van der Waals surface area contributed by atoms with Gasteiger partial charge in [-0.05, 0) is 39.3 Å². The van der Waals surface area contributed by atoms with Crippen LogP contribution in [0.2, 0.25) is 0 Å². The first-order valence-corrected chi connectivity index (χ1v) is 6.60. The molecule has 0 saturated heterocycles. The molecule has 102 valence electrons. The van der Waals surface area contributed by atoms with Crippen molar-refractivity contribution < 1.29 is 9.90 Å². The number of hydrogen-bond donors (Lipinski definition) is 1. The third-order valence-electron chi connectivity index (χ3n) is 3.54. The van der Waals surface area contributed by atoms with Crippen molar-refractivity contribution in [1.29, 1.82) is 0 Å². The molecule has 0 aliphatic carbocycles. The lowest BCUT2D eigenvalue weighted by molar-refractivity contribution is 0.0698. The molecule has 0 atom stereocenters. The summed E-state index contributed by atoms with van der Waals surface area (Å²) in [5.74, 6) is -0.0406. The van der Waals surface area contributed by atoms with Crippen LogP contribution < -0.4 is 0 Å². The van der Waals surface area contributed by atoms with E-state index in [0.717, 1.165) is 29.7 Å². The molecule has 1 N–H and O–H groups in total.